The van der Waals surface area contributed by atoms with Crippen LogP contribution in [0.1, 0.15) is 24.6 Å². The summed E-state index contributed by atoms with van der Waals surface area (Å²) >= 11 is 0. The monoisotopic (exact) mass is 251 g/mol. The highest BCUT2D eigenvalue weighted by molar-refractivity contribution is 5.75. The number of rotatable bonds is 1. The molecule has 3 nitrogen and oxygen atoms in total. The van der Waals surface area contributed by atoms with Crippen molar-refractivity contribution in [3.63, 3.8) is 0 Å². The molecule has 17 heavy (non-hydrogen) atoms. The maximum Gasteiger partial charge on any atom is 0.113 e. The third-order valence-corrected chi connectivity index (χ3v) is 3.63. The van der Waals surface area contributed by atoms with Gasteiger partial charge in [0.25, 0.3) is 0 Å². The summed E-state index contributed by atoms with van der Waals surface area (Å²) in [5.74, 6) is 1.93. The molecule has 0 saturated carbocycles. The average molecular weight is 252 g/mol. The summed E-state index contributed by atoms with van der Waals surface area (Å²) in [7, 11) is 2.14. The van der Waals surface area contributed by atoms with E-state index >= 15 is 0 Å². The Morgan fingerprint density at radius 2 is 1.94 bits per heavy atom. The number of aromatic nitrogens is 2. The van der Waals surface area contributed by atoms with Crippen molar-refractivity contribution in [2.75, 3.05) is 13.1 Å². The molecule has 0 atom stereocenters. The maximum atomic E-state index is 4.78. The fraction of sp³-hybridized carbons (Fsp3) is 0.462. The fourth-order valence-corrected chi connectivity index (χ4v) is 2.71. The van der Waals surface area contributed by atoms with E-state index in [2.05, 4.69) is 41.2 Å². The van der Waals surface area contributed by atoms with Crippen LogP contribution in [0.2, 0.25) is 0 Å². The first-order valence-electron chi connectivity index (χ1n) is 6.09. The summed E-state index contributed by atoms with van der Waals surface area (Å²) in [6.07, 6.45) is 2.52. The Hall–Kier alpha value is -1.06. The molecule has 0 amide bonds. The molecular formula is C13H18ClN3. The van der Waals surface area contributed by atoms with Crippen LogP contribution >= 0.6 is 0 Å². The number of piperidine rings is 1. The van der Waals surface area contributed by atoms with Gasteiger partial charge in [0.15, 0.2) is 0 Å². The van der Waals surface area contributed by atoms with E-state index in [9.17, 15) is 0 Å². The van der Waals surface area contributed by atoms with Gasteiger partial charge in [-0.05, 0) is 12.1 Å². The topological polar surface area (TPSA) is 34.4 Å². The SMILES string of the molecule is Cn1c(C2CC[NH2+]CC2)nc2ccccc21.[Cl-]. The second-order valence-corrected chi connectivity index (χ2v) is 4.66. The van der Waals surface area contributed by atoms with E-state index in [1.807, 2.05) is 0 Å². The molecule has 3 rings (SSSR count). The van der Waals surface area contributed by atoms with E-state index in [4.69, 9.17) is 4.98 Å². The van der Waals surface area contributed by atoms with Crippen LogP contribution in [0.25, 0.3) is 11.0 Å². The summed E-state index contributed by atoms with van der Waals surface area (Å²) in [6.45, 7) is 2.49. The molecule has 1 aliphatic heterocycles. The second kappa shape index (κ2) is 5.07. The van der Waals surface area contributed by atoms with Gasteiger partial charge in [-0.15, -0.1) is 0 Å². The van der Waals surface area contributed by atoms with Crippen molar-refractivity contribution in [1.29, 1.82) is 0 Å². The van der Waals surface area contributed by atoms with Gasteiger partial charge in [-0.25, -0.2) is 4.98 Å². The van der Waals surface area contributed by atoms with E-state index in [1.165, 1.54) is 37.3 Å². The number of nitrogens with two attached hydrogens (primary N) is 1. The van der Waals surface area contributed by atoms with E-state index in [0.29, 0.717) is 5.92 Å². The van der Waals surface area contributed by atoms with Crippen LogP contribution in [0.5, 0.6) is 0 Å². The number of para-hydroxylation sites is 2. The summed E-state index contributed by atoms with van der Waals surface area (Å²) in [4.78, 5) is 4.78. The predicted octanol–water partition coefficient (Wildman–Crippen LogP) is -1.98. The Bertz CT molecular complexity index is 500. The van der Waals surface area contributed by atoms with Crippen LogP contribution in [0.4, 0.5) is 0 Å². The minimum atomic E-state index is 0. The standard InChI is InChI=1S/C13H17N3.ClH/c1-16-12-5-3-2-4-11(12)15-13(16)10-6-8-14-9-7-10;/h2-5,10,14H,6-9H2,1H3;1H. The molecule has 0 radical (unpaired) electrons. The molecule has 1 fully saturated rings. The van der Waals surface area contributed by atoms with Crippen LogP contribution in [0, 0.1) is 0 Å². The van der Waals surface area contributed by atoms with Crippen molar-refractivity contribution in [3.05, 3.63) is 30.1 Å². The molecule has 1 aromatic heterocycles. The van der Waals surface area contributed by atoms with E-state index < -0.39 is 0 Å². The Labute approximate surface area is 108 Å². The highest BCUT2D eigenvalue weighted by Gasteiger charge is 2.22. The first-order valence-corrected chi connectivity index (χ1v) is 6.09. The molecular weight excluding hydrogens is 234 g/mol. The Balaban J connectivity index is 0.00000108. The van der Waals surface area contributed by atoms with Crippen molar-refractivity contribution in [3.8, 4) is 0 Å². The van der Waals surface area contributed by atoms with Crippen molar-refractivity contribution >= 4 is 11.0 Å². The van der Waals surface area contributed by atoms with Crippen molar-refractivity contribution in [2.45, 2.75) is 18.8 Å². The van der Waals surface area contributed by atoms with E-state index in [0.717, 1.165) is 5.52 Å². The average Bonchev–Trinajstić information content (AvgIpc) is 2.69. The molecule has 0 aliphatic carbocycles. The number of nitrogens with zero attached hydrogens (tertiary/aromatic N) is 2. The van der Waals surface area contributed by atoms with Gasteiger partial charge in [-0.3, -0.25) is 0 Å². The Morgan fingerprint density at radius 3 is 2.65 bits per heavy atom. The minimum Gasteiger partial charge on any atom is -1.00 e. The maximum absolute atomic E-state index is 4.78. The normalized spacial score (nSPS) is 17.0. The molecule has 4 heteroatoms. The molecule has 2 N–H and O–H groups in total. The summed E-state index contributed by atoms with van der Waals surface area (Å²) in [5, 5.41) is 2.40. The lowest BCUT2D eigenvalue weighted by molar-refractivity contribution is -0.663. The van der Waals surface area contributed by atoms with Gasteiger partial charge in [0.1, 0.15) is 5.82 Å². The van der Waals surface area contributed by atoms with Gasteiger partial charge in [0, 0.05) is 25.8 Å². The molecule has 2 heterocycles. The molecule has 1 saturated heterocycles. The number of hydrogen-bond donors (Lipinski definition) is 1. The number of quaternary nitrogens is 1. The Kier molecular flexibility index (Phi) is 3.69. The third kappa shape index (κ3) is 2.17. The zero-order valence-corrected chi connectivity index (χ0v) is 10.8. The van der Waals surface area contributed by atoms with Crippen molar-refractivity contribution < 1.29 is 17.7 Å². The summed E-state index contributed by atoms with van der Waals surface area (Å²) < 4.78 is 2.27. The number of halogens is 1. The molecule has 2 aromatic rings. The van der Waals surface area contributed by atoms with Gasteiger partial charge < -0.3 is 22.3 Å². The zero-order valence-electron chi connectivity index (χ0n) is 10.1. The van der Waals surface area contributed by atoms with E-state index in [1.54, 1.807) is 0 Å². The summed E-state index contributed by atoms with van der Waals surface area (Å²) in [6, 6.07) is 8.41. The molecule has 1 aromatic carbocycles. The van der Waals surface area contributed by atoms with Gasteiger partial charge >= 0.3 is 0 Å². The number of fused-ring (bicyclic) bond motifs is 1. The number of imidazole rings is 1. The van der Waals surface area contributed by atoms with Crippen LogP contribution in [0.3, 0.4) is 0 Å². The van der Waals surface area contributed by atoms with Crippen LogP contribution in [-0.2, 0) is 7.05 Å². The number of hydrogen-bond acceptors (Lipinski definition) is 1. The van der Waals surface area contributed by atoms with Gasteiger partial charge in [-0.1, -0.05) is 12.1 Å². The third-order valence-electron chi connectivity index (χ3n) is 3.63. The molecule has 0 unspecified atom stereocenters. The highest BCUT2D eigenvalue weighted by Crippen LogP contribution is 2.25. The van der Waals surface area contributed by atoms with Gasteiger partial charge in [0.2, 0.25) is 0 Å². The zero-order chi connectivity index (χ0) is 11.0. The lowest BCUT2D eigenvalue weighted by Crippen LogP contribution is -3.00. The lowest BCUT2D eigenvalue weighted by Gasteiger charge is -2.19. The molecule has 0 bridgehead atoms. The first-order chi connectivity index (χ1) is 7.86. The summed E-state index contributed by atoms with van der Waals surface area (Å²) in [5.41, 5.74) is 2.39. The predicted molar refractivity (Wildman–Crippen MR) is 64.3 cm³/mol. The Morgan fingerprint density at radius 1 is 1.24 bits per heavy atom. The smallest absolute Gasteiger partial charge is 0.113 e. The van der Waals surface area contributed by atoms with Crippen LogP contribution in [-0.4, -0.2) is 22.6 Å². The quantitative estimate of drug-likeness (QED) is 0.626. The molecule has 1 aliphatic rings. The molecule has 92 valence electrons. The largest absolute Gasteiger partial charge is 1.00 e. The van der Waals surface area contributed by atoms with Crippen LogP contribution < -0.4 is 17.7 Å². The fourth-order valence-electron chi connectivity index (χ4n) is 2.71. The highest BCUT2D eigenvalue weighted by atomic mass is 35.5. The number of aryl methyl sites for hydroxylation is 1. The number of benzene rings is 1. The first kappa shape index (κ1) is 12.4. The van der Waals surface area contributed by atoms with Gasteiger partial charge in [-0.2, -0.15) is 0 Å². The van der Waals surface area contributed by atoms with Crippen molar-refractivity contribution in [2.24, 2.45) is 7.05 Å². The molecule has 0 spiro atoms. The van der Waals surface area contributed by atoms with Crippen LogP contribution in [0.15, 0.2) is 24.3 Å². The van der Waals surface area contributed by atoms with E-state index in [-0.39, 0.29) is 12.4 Å². The second-order valence-electron chi connectivity index (χ2n) is 4.66. The van der Waals surface area contributed by atoms with Crippen molar-refractivity contribution in [1.82, 2.24) is 9.55 Å². The lowest BCUT2D eigenvalue weighted by atomic mass is 9.97. The van der Waals surface area contributed by atoms with Gasteiger partial charge in [0.05, 0.1) is 24.1 Å². The minimum absolute atomic E-state index is 0.